The first-order valence-corrected chi connectivity index (χ1v) is 14.1. The highest BCUT2D eigenvalue weighted by atomic mass is 32.2. The van der Waals surface area contributed by atoms with Crippen LogP contribution < -0.4 is 10.1 Å². The van der Waals surface area contributed by atoms with Crippen molar-refractivity contribution in [2.75, 3.05) is 18.2 Å². The molecule has 192 valence electrons. The van der Waals surface area contributed by atoms with Gasteiger partial charge in [-0.2, -0.15) is 5.26 Å². The summed E-state index contributed by atoms with van der Waals surface area (Å²) in [6, 6.07) is 31.7. The molecule has 5 aromatic rings. The summed E-state index contributed by atoms with van der Waals surface area (Å²) in [5.41, 5.74) is 5.65. The predicted molar refractivity (Wildman–Crippen MR) is 158 cm³/mol. The summed E-state index contributed by atoms with van der Waals surface area (Å²) in [4.78, 5) is 22.1. The first-order chi connectivity index (χ1) is 19.2. The molecule has 0 spiro atoms. The van der Waals surface area contributed by atoms with Crippen molar-refractivity contribution in [2.45, 2.75) is 11.4 Å². The molecule has 0 fully saturated rings. The molecule has 0 radical (unpaired) electrons. The van der Waals surface area contributed by atoms with E-state index >= 15 is 0 Å². The number of rotatable bonds is 9. The van der Waals surface area contributed by atoms with Gasteiger partial charge in [-0.3, -0.25) is 4.79 Å². The van der Waals surface area contributed by atoms with Crippen LogP contribution in [0.25, 0.3) is 33.6 Å². The van der Waals surface area contributed by atoms with E-state index in [-0.39, 0.29) is 12.3 Å². The second-order valence-corrected chi connectivity index (χ2v) is 10.4. The van der Waals surface area contributed by atoms with Crippen LogP contribution in [-0.4, -0.2) is 28.7 Å². The van der Waals surface area contributed by atoms with Gasteiger partial charge in [0.2, 0.25) is 5.91 Å². The molecular weight excluding hydrogens is 525 g/mol. The molecule has 0 saturated heterocycles. The number of carbonyl (C=O) groups excluding carboxylic acids is 1. The van der Waals surface area contributed by atoms with Crippen molar-refractivity contribution < 1.29 is 9.53 Å². The average Bonchev–Trinajstić information content (AvgIpc) is 3.45. The standard InChI is InChI=1S/C31H24N4O2S2/c1-37-28-15-9-8-14-23(28)27-20-39-31(34-27)35-29(36)16-17-38-30-25(19-32)24(21-10-4-2-5-11-21)18-26(33-30)22-12-6-3-7-13-22/h2-15,18,20H,16-17H2,1H3,(H,34,35,36). The molecule has 5 rings (SSSR count). The maximum absolute atomic E-state index is 12.7. The molecule has 3 aromatic carbocycles. The zero-order chi connectivity index (χ0) is 27.0. The van der Waals surface area contributed by atoms with Crippen LogP contribution in [0.4, 0.5) is 5.13 Å². The lowest BCUT2D eigenvalue weighted by molar-refractivity contribution is -0.115. The van der Waals surface area contributed by atoms with Crippen LogP contribution in [0.2, 0.25) is 0 Å². The Labute approximate surface area is 235 Å². The van der Waals surface area contributed by atoms with Crippen LogP contribution in [0, 0.1) is 11.3 Å². The van der Waals surface area contributed by atoms with E-state index < -0.39 is 0 Å². The molecule has 6 nitrogen and oxygen atoms in total. The molecule has 0 atom stereocenters. The van der Waals surface area contributed by atoms with E-state index in [4.69, 9.17) is 9.72 Å². The highest BCUT2D eigenvalue weighted by molar-refractivity contribution is 7.99. The molecule has 0 aliphatic rings. The molecule has 0 aliphatic carbocycles. The van der Waals surface area contributed by atoms with Gasteiger partial charge in [-0.1, -0.05) is 72.8 Å². The number of aromatic nitrogens is 2. The van der Waals surface area contributed by atoms with Crippen molar-refractivity contribution in [3.8, 4) is 45.5 Å². The van der Waals surface area contributed by atoms with Gasteiger partial charge in [0.1, 0.15) is 16.8 Å². The van der Waals surface area contributed by atoms with Crippen molar-refractivity contribution in [3.63, 3.8) is 0 Å². The third-order valence-corrected chi connectivity index (χ3v) is 7.69. The smallest absolute Gasteiger partial charge is 0.226 e. The molecule has 8 heteroatoms. The minimum absolute atomic E-state index is 0.149. The van der Waals surface area contributed by atoms with Crippen LogP contribution in [0.3, 0.4) is 0 Å². The molecule has 0 bridgehead atoms. The Morgan fingerprint density at radius 3 is 2.33 bits per heavy atom. The Kier molecular flexibility index (Phi) is 8.32. The van der Waals surface area contributed by atoms with Gasteiger partial charge >= 0.3 is 0 Å². The minimum atomic E-state index is -0.149. The van der Waals surface area contributed by atoms with Gasteiger partial charge in [-0.25, -0.2) is 9.97 Å². The Bertz CT molecular complexity index is 1630. The SMILES string of the molecule is COc1ccccc1-c1csc(NC(=O)CCSc2nc(-c3ccccc3)cc(-c3ccccc3)c2C#N)n1. The van der Waals surface area contributed by atoms with E-state index in [1.807, 2.05) is 96.4 Å². The number of pyridine rings is 1. The summed E-state index contributed by atoms with van der Waals surface area (Å²) in [5.74, 6) is 1.04. The van der Waals surface area contributed by atoms with Gasteiger partial charge in [0.15, 0.2) is 5.13 Å². The van der Waals surface area contributed by atoms with Gasteiger partial charge < -0.3 is 10.1 Å². The van der Waals surface area contributed by atoms with Crippen LogP contribution in [0.15, 0.2) is 101 Å². The van der Waals surface area contributed by atoms with Crippen LogP contribution in [0.1, 0.15) is 12.0 Å². The third-order valence-electron chi connectivity index (χ3n) is 5.95. The molecule has 1 N–H and O–H groups in total. The zero-order valence-corrected chi connectivity index (χ0v) is 22.8. The first kappa shape index (κ1) is 26.2. The van der Waals surface area contributed by atoms with Gasteiger partial charge in [-0.15, -0.1) is 23.1 Å². The number of nitrogens with zero attached hydrogens (tertiary/aromatic N) is 3. The van der Waals surface area contributed by atoms with Gasteiger partial charge in [0.05, 0.1) is 24.1 Å². The fourth-order valence-corrected chi connectivity index (χ4v) is 5.74. The fraction of sp³-hybridized carbons (Fsp3) is 0.0968. The number of benzene rings is 3. The van der Waals surface area contributed by atoms with Crippen LogP contribution in [-0.2, 0) is 4.79 Å². The van der Waals surface area contributed by atoms with Gasteiger partial charge in [0.25, 0.3) is 0 Å². The second kappa shape index (κ2) is 12.4. The van der Waals surface area contributed by atoms with Crippen molar-refractivity contribution in [3.05, 3.63) is 102 Å². The second-order valence-electron chi connectivity index (χ2n) is 8.46. The normalized spacial score (nSPS) is 10.6. The molecule has 0 saturated carbocycles. The number of hydrogen-bond donors (Lipinski definition) is 1. The van der Waals surface area contributed by atoms with Crippen molar-refractivity contribution >= 4 is 34.1 Å². The lowest BCUT2D eigenvalue weighted by Crippen LogP contribution is -2.12. The van der Waals surface area contributed by atoms with E-state index in [0.29, 0.717) is 21.5 Å². The number of hydrogen-bond acceptors (Lipinski definition) is 7. The summed E-state index contributed by atoms with van der Waals surface area (Å²) in [5, 5.41) is 16.0. The van der Waals surface area contributed by atoms with Crippen molar-refractivity contribution in [1.82, 2.24) is 9.97 Å². The number of carbonyl (C=O) groups is 1. The number of nitrogens with one attached hydrogen (secondary N) is 1. The van der Waals surface area contributed by atoms with E-state index in [1.165, 1.54) is 23.1 Å². The summed E-state index contributed by atoms with van der Waals surface area (Å²) in [7, 11) is 1.62. The summed E-state index contributed by atoms with van der Waals surface area (Å²) < 4.78 is 5.42. The number of thioether (sulfide) groups is 1. The zero-order valence-electron chi connectivity index (χ0n) is 21.1. The fourth-order valence-electron chi connectivity index (χ4n) is 4.07. The summed E-state index contributed by atoms with van der Waals surface area (Å²) in [6.45, 7) is 0. The molecular formula is C31H24N4O2S2. The quantitative estimate of drug-likeness (QED) is 0.191. The molecule has 39 heavy (non-hydrogen) atoms. The Balaban J connectivity index is 1.31. The number of nitriles is 1. The number of methoxy groups -OCH3 is 1. The Hall–Kier alpha value is -4.45. The minimum Gasteiger partial charge on any atom is -0.496 e. The number of ether oxygens (including phenoxy) is 1. The monoisotopic (exact) mass is 548 g/mol. The van der Waals surface area contributed by atoms with E-state index in [0.717, 1.165) is 39.4 Å². The largest absolute Gasteiger partial charge is 0.496 e. The lowest BCUT2D eigenvalue weighted by Gasteiger charge is -2.12. The molecule has 2 aromatic heterocycles. The summed E-state index contributed by atoms with van der Waals surface area (Å²) >= 11 is 2.77. The van der Waals surface area contributed by atoms with E-state index in [2.05, 4.69) is 16.4 Å². The van der Waals surface area contributed by atoms with Crippen molar-refractivity contribution in [1.29, 1.82) is 5.26 Å². The van der Waals surface area contributed by atoms with Crippen molar-refractivity contribution in [2.24, 2.45) is 0 Å². The molecule has 0 aliphatic heterocycles. The molecule has 2 heterocycles. The molecule has 1 amide bonds. The van der Waals surface area contributed by atoms with Gasteiger partial charge in [-0.05, 0) is 23.8 Å². The predicted octanol–water partition coefficient (Wildman–Crippen LogP) is 7.54. The Morgan fingerprint density at radius 2 is 1.62 bits per heavy atom. The lowest BCUT2D eigenvalue weighted by atomic mass is 9.99. The number of para-hydroxylation sites is 1. The summed E-state index contributed by atoms with van der Waals surface area (Å²) in [6.07, 6.45) is 0.247. The van der Waals surface area contributed by atoms with Crippen LogP contribution in [0.5, 0.6) is 5.75 Å². The maximum atomic E-state index is 12.7. The highest BCUT2D eigenvalue weighted by Crippen LogP contribution is 2.35. The number of amides is 1. The van der Waals surface area contributed by atoms with Crippen LogP contribution >= 0.6 is 23.1 Å². The topological polar surface area (TPSA) is 87.9 Å². The Morgan fingerprint density at radius 1 is 0.923 bits per heavy atom. The van der Waals surface area contributed by atoms with E-state index in [9.17, 15) is 10.1 Å². The molecule has 0 unspecified atom stereocenters. The first-order valence-electron chi connectivity index (χ1n) is 12.2. The highest BCUT2D eigenvalue weighted by Gasteiger charge is 2.17. The third kappa shape index (κ3) is 6.17. The van der Waals surface area contributed by atoms with E-state index in [1.54, 1.807) is 7.11 Å². The van der Waals surface area contributed by atoms with Gasteiger partial charge in [0, 0.05) is 34.2 Å². The number of anilines is 1. The average molecular weight is 549 g/mol. The number of thiazole rings is 1. The maximum Gasteiger partial charge on any atom is 0.226 e.